The number of hydrogen-bond donors (Lipinski definition) is 0. The number of Topliss-reactive ketones (excluding diaryl/α,β-unsaturated/α-hetero) is 1. The average molecular weight is 312 g/mol. The number of methoxy groups -OCH3 is 1. The van der Waals surface area contributed by atoms with Crippen molar-refractivity contribution in [3.05, 3.63) is 59.4 Å². The van der Waals surface area contributed by atoms with Crippen LogP contribution in [-0.4, -0.2) is 18.6 Å². The Balaban J connectivity index is 2.04. The quantitative estimate of drug-likeness (QED) is 0.614. The van der Waals surface area contributed by atoms with Crippen LogP contribution in [0.3, 0.4) is 0 Å². The highest BCUT2D eigenvalue weighted by Gasteiger charge is 2.11. The molecule has 0 unspecified atom stereocenters. The average Bonchev–Trinajstić information content (AvgIpc) is 2.48. The minimum atomic E-state index is -0.969. The zero-order chi connectivity index (χ0) is 15.4. The van der Waals surface area contributed by atoms with Crippen molar-refractivity contribution in [3.8, 4) is 5.75 Å². The van der Waals surface area contributed by atoms with Crippen LogP contribution in [-0.2, 0) is 0 Å². The normalized spacial score (nSPS) is 10.5. The molecule has 0 radical (unpaired) electrons. The summed E-state index contributed by atoms with van der Waals surface area (Å²) >= 11 is 1.05. The van der Waals surface area contributed by atoms with Crippen LogP contribution in [0.1, 0.15) is 10.4 Å². The Bertz CT molecular complexity index is 674. The molecule has 2 aromatic rings. The SMILES string of the molecule is COc1ccc(C(=O)CSc2ccc(F)c(F)c2)cc1F. The van der Waals surface area contributed by atoms with Gasteiger partial charge in [0, 0.05) is 10.5 Å². The molecule has 2 aromatic carbocycles. The zero-order valence-corrected chi connectivity index (χ0v) is 11.8. The van der Waals surface area contributed by atoms with E-state index < -0.39 is 17.5 Å². The number of ether oxygens (including phenoxy) is 1. The van der Waals surface area contributed by atoms with Crippen molar-refractivity contribution in [2.45, 2.75) is 4.90 Å². The molecule has 6 heteroatoms. The van der Waals surface area contributed by atoms with E-state index in [0.717, 1.165) is 30.0 Å². The first kappa shape index (κ1) is 15.4. The molecule has 0 fully saturated rings. The fourth-order valence-electron chi connectivity index (χ4n) is 1.64. The Kier molecular flexibility index (Phi) is 4.90. The predicted octanol–water partition coefficient (Wildman–Crippen LogP) is 4.09. The van der Waals surface area contributed by atoms with Gasteiger partial charge in [0.05, 0.1) is 12.9 Å². The summed E-state index contributed by atoms with van der Waals surface area (Å²) in [5.41, 5.74) is 0.198. The van der Waals surface area contributed by atoms with Gasteiger partial charge in [-0.3, -0.25) is 4.79 Å². The Hall–Kier alpha value is -1.95. The van der Waals surface area contributed by atoms with E-state index in [4.69, 9.17) is 4.74 Å². The number of carbonyl (C=O) groups is 1. The van der Waals surface area contributed by atoms with Crippen LogP contribution in [0.15, 0.2) is 41.3 Å². The van der Waals surface area contributed by atoms with Crippen molar-refractivity contribution in [1.82, 2.24) is 0 Å². The summed E-state index contributed by atoms with van der Waals surface area (Å²) in [5, 5.41) is 0. The second kappa shape index (κ2) is 6.67. The molecule has 2 rings (SSSR count). The summed E-state index contributed by atoms with van der Waals surface area (Å²) in [4.78, 5) is 12.4. The molecule has 0 amide bonds. The summed E-state index contributed by atoms with van der Waals surface area (Å²) in [7, 11) is 1.33. The summed E-state index contributed by atoms with van der Waals surface area (Å²) in [6, 6.07) is 7.30. The molecule has 0 bridgehead atoms. The predicted molar refractivity (Wildman–Crippen MR) is 74.4 cm³/mol. The maximum atomic E-state index is 13.5. The lowest BCUT2D eigenvalue weighted by atomic mass is 10.1. The molecule has 0 aliphatic carbocycles. The van der Waals surface area contributed by atoms with Crippen LogP contribution in [0.25, 0.3) is 0 Å². The van der Waals surface area contributed by atoms with Gasteiger partial charge in [0.15, 0.2) is 29.0 Å². The van der Waals surface area contributed by atoms with Gasteiger partial charge in [-0.15, -0.1) is 11.8 Å². The number of halogens is 3. The van der Waals surface area contributed by atoms with Gasteiger partial charge in [0.1, 0.15) is 0 Å². The van der Waals surface area contributed by atoms with E-state index in [1.165, 1.54) is 25.3 Å². The minimum absolute atomic E-state index is 0.00313. The van der Waals surface area contributed by atoms with Gasteiger partial charge >= 0.3 is 0 Å². The van der Waals surface area contributed by atoms with Crippen molar-refractivity contribution in [3.63, 3.8) is 0 Å². The van der Waals surface area contributed by atoms with Gasteiger partial charge in [0.2, 0.25) is 0 Å². The first-order valence-electron chi connectivity index (χ1n) is 5.96. The van der Waals surface area contributed by atoms with Gasteiger partial charge in [-0.2, -0.15) is 0 Å². The molecular weight excluding hydrogens is 301 g/mol. The second-order valence-corrected chi connectivity index (χ2v) is 5.19. The van der Waals surface area contributed by atoms with E-state index >= 15 is 0 Å². The Labute approximate surface area is 123 Å². The first-order valence-corrected chi connectivity index (χ1v) is 6.94. The lowest BCUT2D eigenvalue weighted by Crippen LogP contribution is -2.03. The summed E-state index contributed by atoms with van der Waals surface area (Å²) in [6.45, 7) is 0. The minimum Gasteiger partial charge on any atom is -0.494 e. The number of ketones is 1. The van der Waals surface area contributed by atoms with Gasteiger partial charge < -0.3 is 4.74 Å². The third kappa shape index (κ3) is 3.78. The Morgan fingerprint density at radius 3 is 2.43 bits per heavy atom. The molecule has 2 nitrogen and oxygen atoms in total. The summed E-state index contributed by atoms with van der Waals surface area (Å²) < 4.78 is 44.1. The number of hydrogen-bond acceptors (Lipinski definition) is 3. The Morgan fingerprint density at radius 1 is 1.05 bits per heavy atom. The first-order chi connectivity index (χ1) is 10.0. The van der Waals surface area contributed by atoms with Crippen LogP contribution in [0.2, 0.25) is 0 Å². The molecule has 0 atom stereocenters. The standard InChI is InChI=1S/C15H11F3O2S/c1-20-15-5-2-9(6-13(15)18)14(19)8-21-10-3-4-11(16)12(17)7-10/h2-7H,8H2,1H3. The monoisotopic (exact) mass is 312 g/mol. The lowest BCUT2D eigenvalue weighted by Gasteiger charge is -2.05. The van der Waals surface area contributed by atoms with Crippen molar-refractivity contribution >= 4 is 17.5 Å². The third-order valence-electron chi connectivity index (χ3n) is 2.73. The fraction of sp³-hybridized carbons (Fsp3) is 0.133. The molecule has 0 aliphatic heterocycles. The van der Waals surface area contributed by atoms with E-state index in [9.17, 15) is 18.0 Å². The van der Waals surface area contributed by atoms with Crippen LogP contribution in [0, 0.1) is 17.5 Å². The van der Waals surface area contributed by atoms with Crippen LogP contribution in [0.5, 0.6) is 5.75 Å². The summed E-state index contributed by atoms with van der Waals surface area (Å²) in [6.07, 6.45) is 0. The number of rotatable bonds is 5. The highest BCUT2D eigenvalue weighted by Crippen LogP contribution is 2.23. The number of carbonyl (C=O) groups excluding carboxylic acids is 1. The maximum absolute atomic E-state index is 13.5. The van der Waals surface area contributed by atoms with Crippen molar-refractivity contribution < 1.29 is 22.7 Å². The molecule has 0 saturated carbocycles. The van der Waals surface area contributed by atoms with Gasteiger partial charge in [-0.25, -0.2) is 13.2 Å². The number of benzene rings is 2. The molecule has 21 heavy (non-hydrogen) atoms. The van der Waals surface area contributed by atoms with Gasteiger partial charge in [-0.05, 0) is 36.4 Å². The van der Waals surface area contributed by atoms with Crippen LogP contribution < -0.4 is 4.74 Å². The highest BCUT2D eigenvalue weighted by atomic mass is 32.2. The molecule has 0 aromatic heterocycles. The van der Waals surface area contributed by atoms with Crippen molar-refractivity contribution in [1.29, 1.82) is 0 Å². The van der Waals surface area contributed by atoms with Gasteiger partial charge in [-0.1, -0.05) is 0 Å². The molecule has 0 heterocycles. The van der Waals surface area contributed by atoms with E-state index in [2.05, 4.69) is 0 Å². The summed E-state index contributed by atoms with van der Waals surface area (Å²) in [5.74, 6) is -2.80. The Morgan fingerprint density at radius 2 is 1.81 bits per heavy atom. The second-order valence-electron chi connectivity index (χ2n) is 4.14. The topological polar surface area (TPSA) is 26.3 Å². The smallest absolute Gasteiger partial charge is 0.173 e. The largest absolute Gasteiger partial charge is 0.494 e. The van der Waals surface area contributed by atoms with E-state index in [0.29, 0.717) is 4.90 Å². The van der Waals surface area contributed by atoms with E-state index in [1.54, 1.807) is 0 Å². The van der Waals surface area contributed by atoms with E-state index in [1.807, 2.05) is 0 Å². The van der Waals surface area contributed by atoms with Crippen molar-refractivity contribution in [2.75, 3.05) is 12.9 Å². The lowest BCUT2D eigenvalue weighted by molar-refractivity contribution is 0.102. The molecule has 0 saturated heterocycles. The molecule has 110 valence electrons. The highest BCUT2D eigenvalue weighted by molar-refractivity contribution is 8.00. The molecule has 0 spiro atoms. The fourth-order valence-corrected chi connectivity index (χ4v) is 2.45. The zero-order valence-electron chi connectivity index (χ0n) is 11.0. The van der Waals surface area contributed by atoms with E-state index in [-0.39, 0.29) is 22.8 Å². The third-order valence-corrected chi connectivity index (χ3v) is 3.73. The van der Waals surface area contributed by atoms with Gasteiger partial charge in [0.25, 0.3) is 0 Å². The molecular formula is C15H11F3O2S. The number of thioether (sulfide) groups is 1. The van der Waals surface area contributed by atoms with Crippen LogP contribution in [0.4, 0.5) is 13.2 Å². The van der Waals surface area contributed by atoms with Crippen molar-refractivity contribution in [2.24, 2.45) is 0 Å². The molecule has 0 N–H and O–H groups in total. The van der Waals surface area contributed by atoms with Crippen LogP contribution >= 0.6 is 11.8 Å². The molecule has 0 aliphatic rings. The maximum Gasteiger partial charge on any atom is 0.173 e.